The van der Waals surface area contributed by atoms with Crippen LogP contribution in [0.25, 0.3) is 56.1 Å². The number of nitrogens with one attached hydrogen (secondary N) is 2. The van der Waals surface area contributed by atoms with E-state index in [-0.39, 0.29) is 5.75 Å². The second-order valence-corrected chi connectivity index (χ2v) is 7.78. The average Bonchev–Trinajstić information content (AvgIpc) is 3.49. The molecule has 0 saturated heterocycles. The van der Waals surface area contributed by atoms with Gasteiger partial charge in [-0.15, -0.1) is 0 Å². The zero-order chi connectivity index (χ0) is 22.7. The quantitative estimate of drug-likeness (QED) is 0.381. The Morgan fingerprint density at radius 3 is 2.67 bits per heavy atom. The zero-order valence-corrected chi connectivity index (χ0v) is 17.6. The Hall–Kier alpha value is -4.60. The van der Waals surface area contributed by atoms with Crippen LogP contribution in [0.1, 0.15) is 5.82 Å². The van der Waals surface area contributed by atoms with E-state index in [1.165, 1.54) is 12.1 Å². The third-order valence-electron chi connectivity index (χ3n) is 5.71. The van der Waals surface area contributed by atoms with Gasteiger partial charge in [0.15, 0.2) is 5.82 Å². The number of rotatable bonds is 3. The van der Waals surface area contributed by atoms with Crippen LogP contribution in [0, 0.1) is 12.7 Å². The van der Waals surface area contributed by atoms with Crippen molar-refractivity contribution >= 4 is 21.9 Å². The third-order valence-corrected chi connectivity index (χ3v) is 5.71. The Labute approximate surface area is 186 Å². The maximum absolute atomic E-state index is 13.9. The van der Waals surface area contributed by atoms with Gasteiger partial charge < -0.3 is 14.7 Å². The summed E-state index contributed by atoms with van der Waals surface area (Å²) in [6.45, 7) is 1.93. The number of hydrogen-bond donors (Lipinski definition) is 3. The molecule has 0 aliphatic carbocycles. The molecule has 6 rings (SSSR count). The normalized spacial score (nSPS) is 11.6. The van der Waals surface area contributed by atoms with Gasteiger partial charge in [-0.1, -0.05) is 0 Å². The molecule has 33 heavy (non-hydrogen) atoms. The molecule has 0 atom stereocenters. The van der Waals surface area contributed by atoms with E-state index in [1.807, 2.05) is 24.6 Å². The number of pyridine rings is 2. The molecule has 5 heterocycles. The second kappa shape index (κ2) is 6.95. The maximum Gasteiger partial charge on any atom is 0.159 e. The number of imidazole rings is 2. The van der Waals surface area contributed by atoms with Crippen LogP contribution in [0.4, 0.5) is 4.39 Å². The molecule has 5 aromatic heterocycles. The number of benzene rings is 1. The van der Waals surface area contributed by atoms with Gasteiger partial charge in [0.2, 0.25) is 0 Å². The van der Waals surface area contributed by atoms with Crippen LogP contribution in [0.2, 0.25) is 0 Å². The number of phenolic OH excluding ortho intramolecular Hbond substituents is 1. The summed E-state index contributed by atoms with van der Waals surface area (Å²) in [6, 6.07) is 7.55. The molecular weight excluding hydrogens is 423 g/mol. The lowest BCUT2D eigenvalue weighted by atomic mass is 10.1. The van der Waals surface area contributed by atoms with E-state index in [4.69, 9.17) is 4.98 Å². The second-order valence-electron chi connectivity index (χ2n) is 7.78. The zero-order valence-electron chi connectivity index (χ0n) is 17.6. The highest BCUT2D eigenvalue weighted by molar-refractivity contribution is 5.96. The van der Waals surface area contributed by atoms with Gasteiger partial charge in [0.1, 0.15) is 28.6 Å². The summed E-state index contributed by atoms with van der Waals surface area (Å²) in [5, 5.41) is 18.1. The first kappa shape index (κ1) is 19.1. The molecule has 0 aliphatic heterocycles. The topological polar surface area (TPSA) is 121 Å². The molecule has 3 N–H and O–H groups in total. The SMILES string of the molecule is Cc1ncc(-c2cc3c(-c4nc5c(-c6cc(O)cc(F)c6)nccc5[nH]4)n[nH]c3cn2)n1C. The molecule has 0 amide bonds. The first-order valence-corrected chi connectivity index (χ1v) is 10.2. The van der Waals surface area contributed by atoms with Crippen molar-refractivity contribution in [1.29, 1.82) is 0 Å². The van der Waals surface area contributed by atoms with Gasteiger partial charge in [0, 0.05) is 30.3 Å². The number of aromatic hydroxyl groups is 1. The Balaban J connectivity index is 1.52. The smallest absolute Gasteiger partial charge is 0.159 e. The van der Waals surface area contributed by atoms with Crippen molar-refractivity contribution < 1.29 is 9.50 Å². The van der Waals surface area contributed by atoms with E-state index in [1.54, 1.807) is 24.7 Å². The first-order chi connectivity index (χ1) is 16.0. The fourth-order valence-corrected chi connectivity index (χ4v) is 3.95. The molecule has 0 aliphatic rings. The van der Waals surface area contributed by atoms with Crippen molar-refractivity contribution in [1.82, 2.24) is 39.7 Å². The third kappa shape index (κ3) is 3.03. The summed E-state index contributed by atoms with van der Waals surface area (Å²) >= 11 is 0. The number of aromatic amines is 2. The van der Waals surface area contributed by atoms with Crippen LogP contribution in [0.5, 0.6) is 5.75 Å². The molecule has 162 valence electrons. The van der Waals surface area contributed by atoms with E-state index >= 15 is 0 Å². The molecule has 0 bridgehead atoms. The van der Waals surface area contributed by atoms with Gasteiger partial charge in [-0.2, -0.15) is 5.10 Å². The minimum Gasteiger partial charge on any atom is -0.508 e. The van der Waals surface area contributed by atoms with Gasteiger partial charge in [0.05, 0.1) is 40.5 Å². The standard InChI is InChI=1S/C23H17FN8O/c1-11-26-10-19(32(11)2)17-8-15-18(9-27-17)30-31-21(15)23-28-16-3-4-25-20(22(16)29-23)12-5-13(24)7-14(33)6-12/h3-10,33H,1-2H3,(H,28,29)(H,30,31). The van der Waals surface area contributed by atoms with Gasteiger partial charge in [0.25, 0.3) is 0 Å². The lowest BCUT2D eigenvalue weighted by Crippen LogP contribution is -1.95. The molecular formula is C23H17FN8O. The molecule has 0 spiro atoms. The number of aromatic nitrogens is 8. The predicted molar refractivity (Wildman–Crippen MR) is 121 cm³/mol. The number of H-pyrrole nitrogens is 2. The lowest BCUT2D eigenvalue weighted by molar-refractivity contribution is 0.469. The summed E-state index contributed by atoms with van der Waals surface area (Å²) in [4.78, 5) is 21.3. The Morgan fingerprint density at radius 1 is 1.00 bits per heavy atom. The lowest BCUT2D eigenvalue weighted by Gasteiger charge is -2.03. The Bertz CT molecular complexity index is 1660. The van der Waals surface area contributed by atoms with Gasteiger partial charge >= 0.3 is 0 Å². The summed E-state index contributed by atoms with van der Waals surface area (Å²) in [6.07, 6.45) is 5.13. The van der Waals surface area contributed by atoms with Crippen molar-refractivity contribution in [3.05, 3.63) is 60.6 Å². The highest BCUT2D eigenvalue weighted by atomic mass is 19.1. The Morgan fingerprint density at radius 2 is 1.88 bits per heavy atom. The van der Waals surface area contributed by atoms with Crippen molar-refractivity contribution in [2.24, 2.45) is 7.05 Å². The van der Waals surface area contributed by atoms with Crippen LogP contribution >= 0.6 is 0 Å². The van der Waals surface area contributed by atoms with E-state index in [2.05, 4.69) is 30.1 Å². The molecule has 0 fully saturated rings. The summed E-state index contributed by atoms with van der Waals surface area (Å²) in [7, 11) is 1.94. The molecule has 0 radical (unpaired) electrons. The number of fused-ring (bicyclic) bond motifs is 2. The van der Waals surface area contributed by atoms with E-state index in [0.29, 0.717) is 33.8 Å². The number of hydrogen-bond acceptors (Lipinski definition) is 6. The van der Waals surface area contributed by atoms with Crippen molar-refractivity contribution in [2.75, 3.05) is 0 Å². The fraction of sp³-hybridized carbons (Fsp3) is 0.0870. The highest BCUT2D eigenvalue weighted by Crippen LogP contribution is 2.32. The average molecular weight is 440 g/mol. The van der Waals surface area contributed by atoms with Gasteiger partial charge in [-0.05, 0) is 31.2 Å². The van der Waals surface area contributed by atoms with E-state index in [9.17, 15) is 9.50 Å². The largest absolute Gasteiger partial charge is 0.508 e. The van der Waals surface area contributed by atoms with Crippen molar-refractivity contribution in [3.8, 4) is 39.9 Å². The first-order valence-electron chi connectivity index (χ1n) is 10.2. The number of phenols is 1. The van der Waals surface area contributed by atoms with Gasteiger partial charge in [-0.25, -0.2) is 14.4 Å². The molecule has 9 nitrogen and oxygen atoms in total. The van der Waals surface area contributed by atoms with Crippen LogP contribution in [0.15, 0.2) is 48.9 Å². The highest BCUT2D eigenvalue weighted by Gasteiger charge is 2.18. The minimum atomic E-state index is -0.553. The molecule has 1 aromatic carbocycles. The van der Waals surface area contributed by atoms with E-state index in [0.717, 1.165) is 34.2 Å². The van der Waals surface area contributed by atoms with Crippen molar-refractivity contribution in [3.63, 3.8) is 0 Å². The number of aryl methyl sites for hydroxylation is 1. The predicted octanol–water partition coefficient (Wildman–Crippen LogP) is 4.12. The Kier molecular flexibility index (Phi) is 4.03. The van der Waals surface area contributed by atoms with Crippen LogP contribution < -0.4 is 0 Å². The van der Waals surface area contributed by atoms with Crippen LogP contribution in [-0.4, -0.2) is 44.8 Å². The summed E-state index contributed by atoms with van der Waals surface area (Å²) in [5.41, 5.74) is 5.19. The molecule has 0 unspecified atom stereocenters. The number of nitrogens with zero attached hydrogens (tertiary/aromatic N) is 6. The fourth-order valence-electron chi connectivity index (χ4n) is 3.95. The van der Waals surface area contributed by atoms with Gasteiger partial charge in [-0.3, -0.25) is 15.1 Å². The monoisotopic (exact) mass is 440 g/mol. The molecule has 6 aromatic rings. The summed E-state index contributed by atoms with van der Waals surface area (Å²) in [5.74, 6) is 0.691. The summed E-state index contributed by atoms with van der Waals surface area (Å²) < 4.78 is 15.9. The van der Waals surface area contributed by atoms with Crippen LogP contribution in [0.3, 0.4) is 0 Å². The number of halogens is 1. The maximum atomic E-state index is 13.9. The molecule has 0 saturated carbocycles. The van der Waals surface area contributed by atoms with Crippen LogP contribution in [-0.2, 0) is 7.05 Å². The van der Waals surface area contributed by atoms with Crippen molar-refractivity contribution in [2.45, 2.75) is 6.92 Å². The van der Waals surface area contributed by atoms with E-state index < -0.39 is 5.82 Å². The minimum absolute atomic E-state index is 0.178. The molecule has 10 heteroatoms.